The molecule has 0 fully saturated rings. The average Bonchev–Trinajstić information content (AvgIpc) is 2.38. The summed E-state index contributed by atoms with van der Waals surface area (Å²) in [5.41, 5.74) is 0.374. The van der Waals surface area contributed by atoms with Crippen LogP contribution in [0.15, 0.2) is 18.3 Å². The van der Waals surface area contributed by atoms with Gasteiger partial charge in [-0.3, -0.25) is 4.79 Å². The molecular formula is C14H21FN2O. The maximum Gasteiger partial charge on any atom is 0.254 e. The molecule has 0 aromatic carbocycles. The van der Waals surface area contributed by atoms with Crippen molar-refractivity contribution < 1.29 is 9.18 Å². The third-order valence-corrected chi connectivity index (χ3v) is 3.11. The topological polar surface area (TPSA) is 33.2 Å². The molecule has 4 heteroatoms. The van der Waals surface area contributed by atoms with Crippen molar-refractivity contribution in [3.63, 3.8) is 0 Å². The van der Waals surface area contributed by atoms with Gasteiger partial charge in [0.05, 0.1) is 0 Å². The third-order valence-electron chi connectivity index (χ3n) is 3.11. The fraction of sp³-hybridized carbons (Fsp3) is 0.571. The van der Waals surface area contributed by atoms with E-state index >= 15 is 0 Å². The lowest BCUT2D eigenvalue weighted by Crippen LogP contribution is -2.39. The van der Waals surface area contributed by atoms with E-state index in [0.717, 1.165) is 19.3 Å². The Labute approximate surface area is 108 Å². The van der Waals surface area contributed by atoms with Gasteiger partial charge in [-0.05, 0) is 25.8 Å². The minimum Gasteiger partial charge on any atom is -0.336 e. The van der Waals surface area contributed by atoms with Crippen LogP contribution < -0.4 is 0 Å². The molecule has 18 heavy (non-hydrogen) atoms. The highest BCUT2D eigenvalue weighted by Gasteiger charge is 2.20. The standard InChI is InChI=1S/C14H21FN2O/c1-4-6-9-17(11(3)5-2)14(18)12-7-8-16-13(15)10-12/h7-8,10-11H,4-6,9H2,1-3H3. The summed E-state index contributed by atoms with van der Waals surface area (Å²) in [5, 5.41) is 0. The second kappa shape index (κ2) is 7.09. The smallest absolute Gasteiger partial charge is 0.254 e. The number of unbranched alkanes of at least 4 members (excludes halogenated alkanes) is 1. The summed E-state index contributed by atoms with van der Waals surface area (Å²) in [4.78, 5) is 17.6. The molecule has 0 aliphatic heterocycles. The normalized spacial score (nSPS) is 12.2. The first-order valence-electron chi connectivity index (χ1n) is 6.52. The first kappa shape index (κ1) is 14.6. The molecule has 1 rings (SSSR count). The molecule has 0 saturated carbocycles. The van der Waals surface area contributed by atoms with Crippen LogP contribution in [0.5, 0.6) is 0 Å². The summed E-state index contributed by atoms with van der Waals surface area (Å²) >= 11 is 0. The molecule has 1 aromatic heterocycles. The van der Waals surface area contributed by atoms with Crippen molar-refractivity contribution in [3.8, 4) is 0 Å². The molecule has 1 aromatic rings. The molecule has 3 nitrogen and oxygen atoms in total. The number of hydrogen-bond acceptors (Lipinski definition) is 2. The van der Waals surface area contributed by atoms with Gasteiger partial charge in [0, 0.05) is 30.4 Å². The maximum absolute atomic E-state index is 13.0. The van der Waals surface area contributed by atoms with E-state index in [2.05, 4.69) is 11.9 Å². The lowest BCUT2D eigenvalue weighted by molar-refractivity contribution is 0.0684. The highest BCUT2D eigenvalue weighted by atomic mass is 19.1. The van der Waals surface area contributed by atoms with Crippen LogP contribution in [0.2, 0.25) is 0 Å². The van der Waals surface area contributed by atoms with Crippen LogP contribution in [0, 0.1) is 5.95 Å². The summed E-state index contributed by atoms with van der Waals surface area (Å²) < 4.78 is 13.0. The van der Waals surface area contributed by atoms with Crippen molar-refractivity contribution in [2.45, 2.75) is 46.1 Å². The Hall–Kier alpha value is -1.45. The first-order chi connectivity index (χ1) is 8.60. The number of amides is 1. The molecule has 0 saturated heterocycles. The van der Waals surface area contributed by atoms with E-state index in [1.54, 1.807) is 6.07 Å². The zero-order valence-corrected chi connectivity index (χ0v) is 11.3. The van der Waals surface area contributed by atoms with E-state index in [9.17, 15) is 9.18 Å². The summed E-state index contributed by atoms with van der Waals surface area (Å²) in [5.74, 6) is -0.723. The fourth-order valence-electron chi connectivity index (χ4n) is 1.77. The van der Waals surface area contributed by atoms with Gasteiger partial charge in [0.15, 0.2) is 0 Å². The largest absolute Gasteiger partial charge is 0.336 e. The van der Waals surface area contributed by atoms with Gasteiger partial charge < -0.3 is 4.90 Å². The fourth-order valence-corrected chi connectivity index (χ4v) is 1.77. The Bertz CT molecular complexity index is 395. The highest BCUT2D eigenvalue weighted by Crippen LogP contribution is 2.12. The van der Waals surface area contributed by atoms with Gasteiger partial charge in [-0.1, -0.05) is 20.3 Å². The lowest BCUT2D eigenvalue weighted by Gasteiger charge is -2.28. The SMILES string of the molecule is CCCCN(C(=O)c1ccnc(F)c1)C(C)CC. The number of halogens is 1. The molecule has 1 atom stereocenters. The molecule has 1 unspecified atom stereocenters. The van der Waals surface area contributed by atoms with E-state index in [1.807, 2.05) is 18.7 Å². The van der Waals surface area contributed by atoms with Crippen molar-refractivity contribution in [2.24, 2.45) is 0 Å². The average molecular weight is 252 g/mol. The van der Waals surface area contributed by atoms with Crippen molar-refractivity contribution in [1.82, 2.24) is 9.88 Å². The number of rotatable bonds is 6. The molecule has 0 spiro atoms. The number of pyridine rings is 1. The molecule has 0 bridgehead atoms. The predicted octanol–water partition coefficient (Wildman–Crippen LogP) is 3.26. The van der Waals surface area contributed by atoms with Crippen LogP contribution in [-0.4, -0.2) is 28.4 Å². The zero-order chi connectivity index (χ0) is 13.5. The molecule has 0 N–H and O–H groups in total. The molecule has 1 heterocycles. The van der Waals surface area contributed by atoms with E-state index in [-0.39, 0.29) is 11.9 Å². The van der Waals surface area contributed by atoms with Gasteiger partial charge in [-0.2, -0.15) is 4.39 Å². The summed E-state index contributed by atoms with van der Waals surface area (Å²) in [7, 11) is 0. The molecule has 0 aliphatic carbocycles. The number of carbonyl (C=O) groups excluding carboxylic acids is 1. The molecule has 100 valence electrons. The second-order valence-electron chi connectivity index (χ2n) is 4.48. The lowest BCUT2D eigenvalue weighted by atomic mass is 10.1. The van der Waals surface area contributed by atoms with Crippen molar-refractivity contribution >= 4 is 5.91 Å². The third kappa shape index (κ3) is 3.79. The molecule has 1 amide bonds. The Kier molecular flexibility index (Phi) is 5.75. The number of aromatic nitrogens is 1. The molecule has 0 aliphatic rings. The Morgan fingerprint density at radius 2 is 2.22 bits per heavy atom. The zero-order valence-electron chi connectivity index (χ0n) is 11.3. The van der Waals surface area contributed by atoms with Crippen molar-refractivity contribution in [3.05, 3.63) is 29.8 Å². The summed E-state index contributed by atoms with van der Waals surface area (Å²) in [6, 6.07) is 2.93. The minimum atomic E-state index is -0.611. The van der Waals surface area contributed by atoms with Gasteiger partial charge in [-0.15, -0.1) is 0 Å². The van der Waals surface area contributed by atoms with Crippen molar-refractivity contribution in [2.75, 3.05) is 6.54 Å². The maximum atomic E-state index is 13.0. The van der Waals surface area contributed by atoms with Gasteiger partial charge >= 0.3 is 0 Å². The van der Waals surface area contributed by atoms with E-state index in [4.69, 9.17) is 0 Å². The van der Waals surface area contributed by atoms with Crippen LogP contribution in [0.1, 0.15) is 50.4 Å². The van der Waals surface area contributed by atoms with Crippen molar-refractivity contribution in [1.29, 1.82) is 0 Å². The number of carbonyl (C=O) groups is 1. The molecular weight excluding hydrogens is 231 g/mol. The van der Waals surface area contributed by atoms with Crippen LogP contribution >= 0.6 is 0 Å². The quantitative estimate of drug-likeness (QED) is 0.728. The minimum absolute atomic E-state index is 0.112. The van der Waals surface area contributed by atoms with E-state index in [0.29, 0.717) is 12.1 Å². The number of nitrogens with zero attached hydrogens (tertiary/aromatic N) is 2. The summed E-state index contributed by atoms with van der Waals surface area (Å²) in [6.45, 7) is 6.87. The van der Waals surface area contributed by atoms with Crippen LogP contribution in [0.4, 0.5) is 4.39 Å². The van der Waals surface area contributed by atoms with E-state index in [1.165, 1.54) is 12.3 Å². The monoisotopic (exact) mass is 252 g/mol. The van der Waals surface area contributed by atoms with Crippen LogP contribution in [0.25, 0.3) is 0 Å². The van der Waals surface area contributed by atoms with Gasteiger partial charge in [0.25, 0.3) is 5.91 Å². The Balaban J connectivity index is 2.87. The van der Waals surface area contributed by atoms with Crippen LogP contribution in [-0.2, 0) is 0 Å². The highest BCUT2D eigenvalue weighted by molar-refractivity contribution is 5.94. The second-order valence-corrected chi connectivity index (χ2v) is 4.48. The summed E-state index contributed by atoms with van der Waals surface area (Å²) in [6.07, 6.45) is 4.22. The first-order valence-corrected chi connectivity index (χ1v) is 6.52. The Morgan fingerprint density at radius 3 is 2.78 bits per heavy atom. The van der Waals surface area contributed by atoms with Gasteiger partial charge in [-0.25, -0.2) is 4.98 Å². The predicted molar refractivity (Wildman–Crippen MR) is 69.9 cm³/mol. The number of hydrogen-bond donors (Lipinski definition) is 0. The van der Waals surface area contributed by atoms with Gasteiger partial charge in [0.2, 0.25) is 5.95 Å². The van der Waals surface area contributed by atoms with Crippen LogP contribution in [0.3, 0.4) is 0 Å². The molecule has 0 radical (unpaired) electrons. The van der Waals surface area contributed by atoms with Gasteiger partial charge in [0.1, 0.15) is 0 Å². The van der Waals surface area contributed by atoms with E-state index < -0.39 is 5.95 Å². The Morgan fingerprint density at radius 1 is 1.50 bits per heavy atom.